The van der Waals surface area contributed by atoms with E-state index < -0.39 is 0 Å². The van der Waals surface area contributed by atoms with E-state index in [0.717, 1.165) is 0 Å². The molecule has 0 radical (unpaired) electrons. The molecule has 0 unspecified atom stereocenters. The van der Waals surface area contributed by atoms with Crippen LogP contribution in [-0.2, 0) is 0 Å². The summed E-state index contributed by atoms with van der Waals surface area (Å²) in [6, 6.07) is 14.9. The lowest BCUT2D eigenvalue weighted by molar-refractivity contribution is -0.510. The summed E-state index contributed by atoms with van der Waals surface area (Å²) in [5.74, 6) is 0. The molecule has 0 aliphatic carbocycles. The predicted octanol–water partition coefficient (Wildman–Crippen LogP) is 2.89. The van der Waals surface area contributed by atoms with Crippen molar-refractivity contribution in [1.82, 2.24) is 0 Å². The van der Waals surface area contributed by atoms with Crippen LogP contribution < -0.4 is 4.40 Å². The highest BCUT2D eigenvalue weighted by Gasteiger charge is 2.07. The van der Waals surface area contributed by atoms with Crippen LogP contribution in [0.5, 0.6) is 0 Å². The van der Waals surface area contributed by atoms with E-state index in [1.54, 1.807) is 0 Å². The van der Waals surface area contributed by atoms with Crippen LogP contribution in [0, 0.1) is 6.92 Å². The van der Waals surface area contributed by atoms with Gasteiger partial charge in [-0.1, -0.05) is 18.2 Å². The Hall–Kier alpha value is -1.89. The molecule has 0 atom stereocenters. The normalized spacial score (nSPS) is 11.0. The first-order valence-electron chi connectivity index (χ1n) is 5.14. The van der Waals surface area contributed by atoms with Crippen molar-refractivity contribution in [2.24, 2.45) is 0 Å². The Morgan fingerprint density at radius 2 is 1.80 bits per heavy atom. The van der Waals surface area contributed by atoms with Crippen LogP contribution in [0.4, 0.5) is 0 Å². The van der Waals surface area contributed by atoms with Crippen LogP contribution in [0.1, 0.15) is 5.56 Å². The number of hydrogen-bond acceptors (Lipinski definition) is 0. The van der Waals surface area contributed by atoms with E-state index in [0.29, 0.717) is 0 Å². The lowest BCUT2D eigenvalue weighted by Crippen LogP contribution is -2.20. The summed E-state index contributed by atoms with van der Waals surface area (Å²) in [5, 5.41) is 2.65. The largest absolute Gasteiger partial charge is 0.218 e. The molecule has 0 bridgehead atoms. The molecule has 0 aliphatic heterocycles. The molecular weight excluding hydrogens is 182 g/mol. The molecule has 2 aromatic heterocycles. The van der Waals surface area contributed by atoms with E-state index in [-0.39, 0.29) is 0 Å². The zero-order chi connectivity index (χ0) is 10.3. The maximum Gasteiger partial charge on any atom is 0.218 e. The minimum Gasteiger partial charge on any atom is -0.167 e. The van der Waals surface area contributed by atoms with Crippen LogP contribution in [0.25, 0.3) is 16.3 Å². The fourth-order valence-electron chi connectivity index (χ4n) is 2.14. The fraction of sp³-hybridized carbons (Fsp3) is 0.0714. The van der Waals surface area contributed by atoms with Crippen molar-refractivity contribution in [3.63, 3.8) is 0 Å². The second kappa shape index (κ2) is 3.06. The summed E-state index contributed by atoms with van der Waals surface area (Å²) in [6.45, 7) is 2.16. The van der Waals surface area contributed by atoms with Crippen molar-refractivity contribution in [2.45, 2.75) is 6.92 Å². The molecule has 0 fully saturated rings. The molecular formula is C14H12N+. The average molecular weight is 194 g/mol. The molecule has 3 aromatic rings. The summed E-state index contributed by atoms with van der Waals surface area (Å²) in [5.41, 5.74) is 2.60. The lowest BCUT2D eigenvalue weighted by atomic mass is 10.1. The molecule has 2 heterocycles. The van der Waals surface area contributed by atoms with Crippen LogP contribution >= 0.6 is 0 Å². The Kier molecular flexibility index (Phi) is 1.72. The first-order chi connectivity index (χ1) is 7.36. The SMILES string of the molecule is Cc1cccc2cc[n+]3ccccc3c12. The minimum absolute atomic E-state index is 1.27. The minimum atomic E-state index is 1.27. The highest BCUT2D eigenvalue weighted by Crippen LogP contribution is 2.20. The molecule has 0 saturated carbocycles. The van der Waals surface area contributed by atoms with Gasteiger partial charge in [0.05, 0.1) is 5.39 Å². The maximum absolute atomic E-state index is 2.16. The van der Waals surface area contributed by atoms with Gasteiger partial charge >= 0.3 is 0 Å². The van der Waals surface area contributed by atoms with Crippen LogP contribution in [0.15, 0.2) is 54.9 Å². The average Bonchev–Trinajstić information content (AvgIpc) is 2.29. The van der Waals surface area contributed by atoms with Crippen LogP contribution in [0.3, 0.4) is 0 Å². The van der Waals surface area contributed by atoms with Crippen LogP contribution in [-0.4, -0.2) is 0 Å². The predicted molar refractivity (Wildman–Crippen MR) is 61.8 cm³/mol. The third-order valence-electron chi connectivity index (χ3n) is 2.87. The molecule has 1 nitrogen and oxygen atoms in total. The Balaban J connectivity index is 2.64. The van der Waals surface area contributed by atoms with Crippen molar-refractivity contribution >= 4 is 16.3 Å². The Morgan fingerprint density at radius 3 is 2.73 bits per heavy atom. The van der Waals surface area contributed by atoms with E-state index in [1.165, 1.54) is 21.9 Å². The smallest absolute Gasteiger partial charge is 0.167 e. The van der Waals surface area contributed by atoms with Crippen molar-refractivity contribution in [2.75, 3.05) is 0 Å². The second-order valence-electron chi connectivity index (χ2n) is 3.85. The summed E-state index contributed by atoms with van der Waals surface area (Å²) < 4.78 is 2.16. The molecule has 15 heavy (non-hydrogen) atoms. The number of aryl methyl sites for hydroxylation is 1. The zero-order valence-corrected chi connectivity index (χ0v) is 8.64. The van der Waals surface area contributed by atoms with Crippen LogP contribution in [0.2, 0.25) is 0 Å². The maximum atomic E-state index is 2.16. The summed E-state index contributed by atoms with van der Waals surface area (Å²) in [4.78, 5) is 0. The molecule has 3 rings (SSSR count). The highest BCUT2D eigenvalue weighted by atomic mass is 14.8. The zero-order valence-electron chi connectivity index (χ0n) is 8.64. The van der Waals surface area contributed by atoms with Gasteiger partial charge in [0.2, 0.25) is 5.52 Å². The second-order valence-corrected chi connectivity index (χ2v) is 3.85. The van der Waals surface area contributed by atoms with Gasteiger partial charge in [-0.25, -0.2) is 0 Å². The van der Waals surface area contributed by atoms with E-state index in [4.69, 9.17) is 0 Å². The third-order valence-corrected chi connectivity index (χ3v) is 2.87. The van der Waals surface area contributed by atoms with E-state index in [2.05, 4.69) is 66.2 Å². The van der Waals surface area contributed by atoms with Gasteiger partial charge in [0.15, 0.2) is 12.4 Å². The molecule has 0 N–H and O–H groups in total. The van der Waals surface area contributed by atoms with Crippen molar-refractivity contribution in [3.8, 4) is 0 Å². The van der Waals surface area contributed by atoms with Gasteiger partial charge in [0.25, 0.3) is 0 Å². The van der Waals surface area contributed by atoms with Gasteiger partial charge in [-0.05, 0) is 23.9 Å². The summed E-state index contributed by atoms with van der Waals surface area (Å²) in [6.07, 6.45) is 4.19. The quantitative estimate of drug-likeness (QED) is 0.383. The molecule has 0 spiro atoms. The van der Waals surface area contributed by atoms with Gasteiger partial charge in [0.1, 0.15) is 0 Å². The molecule has 1 heteroatoms. The molecule has 1 aromatic carbocycles. The standard InChI is InChI=1S/C14H12N/c1-11-5-4-6-12-8-10-15-9-3-2-7-13(15)14(11)12/h2-10H,1H3/q+1. The first-order valence-corrected chi connectivity index (χ1v) is 5.14. The van der Waals surface area contributed by atoms with Crippen molar-refractivity contribution in [3.05, 3.63) is 60.4 Å². The van der Waals surface area contributed by atoms with Gasteiger partial charge in [-0.15, -0.1) is 0 Å². The summed E-state index contributed by atoms with van der Waals surface area (Å²) >= 11 is 0. The Bertz CT molecular complexity index is 641. The Morgan fingerprint density at radius 1 is 0.867 bits per heavy atom. The van der Waals surface area contributed by atoms with Gasteiger partial charge in [-0.2, -0.15) is 4.40 Å². The van der Waals surface area contributed by atoms with Gasteiger partial charge in [0, 0.05) is 18.2 Å². The van der Waals surface area contributed by atoms with E-state index >= 15 is 0 Å². The molecule has 0 aliphatic rings. The van der Waals surface area contributed by atoms with Crippen molar-refractivity contribution in [1.29, 1.82) is 0 Å². The number of benzene rings is 1. The number of pyridine rings is 2. The number of rotatable bonds is 0. The monoisotopic (exact) mass is 194 g/mol. The highest BCUT2D eigenvalue weighted by molar-refractivity contribution is 5.95. The molecule has 0 saturated heterocycles. The van der Waals surface area contributed by atoms with E-state index in [1.807, 2.05) is 0 Å². The van der Waals surface area contributed by atoms with Gasteiger partial charge in [-0.3, -0.25) is 0 Å². The van der Waals surface area contributed by atoms with E-state index in [9.17, 15) is 0 Å². The fourth-order valence-corrected chi connectivity index (χ4v) is 2.14. The lowest BCUT2D eigenvalue weighted by Gasteiger charge is -2.00. The topological polar surface area (TPSA) is 4.10 Å². The number of aromatic nitrogens is 1. The Labute approximate surface area is 88.6 Å². The molecule has 72 valence electrons. The van der Waals surface area contributed by atoms with Crippen molar-refractivity contribution < 1.29 is 4.40 Å². The number of nitrogens with zero attached hydrogens (tertiary/aromatic N) is 1. The number of hydrogen-bond donors (Lipinski definition) is 0. The third kappa shape index (κ3) is 1.20. The first kappa shape index (κ1) is 8.42. The number of fused-ring (bicyclic) bond motifs is 3. The summed E-state index contributed by atoms with van der Waals surface area (Å²) in [7, 11) is 0. The van der Waals surface area contributed by atoms with Gasteiger partial charge < -0.3 is 0 Å². The molecule has 0 amide bonds.